The van der Waals surface area contributed by atoms with E-state index >= 15 is 0 Å². The summed E-state index contributed by atoms with van der Waals surface area (Å²) < 4.78 is 23.3. The molecule has 0 spiro atoms. The summed E-state index contributed by atoms with van der Waals surface area (Å²) >= 11 is 0. The predicted octanol–water partition coefficient (Wildman–Crippen LogP) is 3.42. The minimum Gasteiger partial charge on any atom is -0.300 e. The summed E-state index contributed by atoms with van der Waals surface area (Å²) in [5, 5.41) is 0. The second kappa shape index (κ2) is 5.47. The number of allylic oxidation sites excluding steroid dienone is 2. The molecule has 0 bridgehead atoms. The molecule has 2 saturated carbocycles. The fourth-order valence-corrected chi connectivity index (χ4v) is 3.50. The van der Waals surface area contributed by atoms with Gasteiger partial charge in [0.05, 0.1) is 12.2 Å². The van der Waals surface area contributed by atoms with Gasteiger partial charge in [0.15, 0.2) is 0 Å². The van der Waals surface area contributed by atoms with Crippen molar-refractivity contribution in [2.75, 3.05) is 0 Å². The van der Waals surface area contributed by atoms with E-state index in [4.69, 9.17) is 9.05 Å². The molecule has 17 heavy (non-hydrogen) atoms. The second-order valence-electron chi connectivity index (χ2n) is 4.65. The summed E-state index contributed by atoms with van der Waals surface area (Å²) in [5.74, 6) is 0. The fourth-order valence-electron chi connectivity index (χ4n) is 1.71. The highest BCUT2D eigenvalue weighted by Gasteiger charge is 2.40. The van der Waals surface area contributed by atoms with E-state index in [0.29, 0.717) is 0 Å². The summed E-state index contributed by atoms with van der Waals surface area (Å²) in [6, 6.07) is 0. The summed E-state index contributed by atoms with van der Waals surface area (Å²) in [5.41, 5.74) is -0.515. The van der Waals surface area contributed by atoms with Crippen molar-refractivity contribution in [1.82, 2.24) is 0 Å². The van der Waals surface area contributed by atoms with Crippen LogP contribution in [0.4, 0.5) is 0 Å². The van der Waals surface area contributed by atoms with Crippen LogP contribution in [0.5, 0.6) is 0 Å². The molecule has 0 aromatic rings. The molecule has 0 unspecified atom stereocenters. The van der Waals surface area contributed by atoms with Crippen LogP contribution in [0.25, 0.3) is 0 Å². The maximum Gasteiger partial charge on any atom is 0.401 e. The van der Waals surface area contributed by atoms with Crippen molar-refractivity contribution in [3.63, 3.8) is 0 Å². The van der Waals surface area contributed by atoms with Crippen LogP contribution < -0.4 is 0 Å². The highest BCUT2D eigenvalue weighted by atomic mass is 31.2. The second-order valence-corrected chi connectivity index (χ2v) is 6.51. The van der Waals surface area contributed by atoms with Gasteiger partial charge in [-0.3, -0.25) is 18.4 Å². The average molecular weight is 258 g/mol. The Balaban J connectivity index is 2.02. The van der Waals surface area contributed by atoms with E-state index in [0.717, 1.165) is 38.5 Å². The van der Waals surface area contributed by atoms with Crippen molar-refractivity contribution in [2.45, 2.75) is 57.7 Å². The maximum atomic E-state index is 12.5. The Morgan fingerprint density at radius 3 is 1.88 bits per heavy atom. The van der Waals surface area contributed by atoms with Crippen LogP contribution in [0.3, 0.4) is 0 Å². The molecule has 0 amide bonds. The SMILES string of the molecule is C/C=C/C(=O)P(=O)(OC1CCC1)OC1CCC1. The van der Waals surface area contributed by atoms with Crippen LogP contribution in [0, 0.1) is 0 Å². The quantitative estimate of drug-likeness (QED) is 0.541. The molecule has 0 radical (unpaired) electrons. The number of hydrogen-bond donors (Lipinski definition) is 0. The molecule has 0 atom stereocenters. The molecule has 5 heteroatoms. The standard InChI is InChI=1S/C12H19O4P/c1-2-5-12(13)17(14,15-10-6-3-7-10)16-11-8-4-9-11/h2,5,10-11H,3-4,6-9H2,1H3/b5-2+. The zero-order chi connectivity index (χ0) is 12.3. The van der Waals surface area contributed by atoms with Crippen LogP contribution in [-0.4, -0.2) is 17.7 Å². The lowest BCUT2D eigenvalue weighted by Crippen LogP contribution is -2.27. The van der Waals surface area contributed by atoms with Crippen LogP contribution in [0.2, 0.25) is 0 Å². The largest absolute Gasteiger partial charge is 0.401 e. The molecule has 4 nitrogen and oxygen atoms in total. The van der Waals surface area contributed by atoms with Gasteiger partial charge in [0.2, 0.25) is 0 Å². The first-order valence-corrected chi connectivity index (χ1v) is 7.82. The third-order valence-corrected chi connectivity index (χ3v) is 5.10. The molecule has 0 aromatic heterocycles. The Morgan fingerprint density at radius 2 is 1.59 bits per heavy atom. The lowest BCUT2D eigenvalue weighted by Gasteiger charge is -2.33. The highest BCUT2D eigenvalue weighted by molar-refractivity contribution is 7.72. The molecule has 0 aliphatic heterocycles. The van der Waals surface area contributed by atoms with Crippen molar-refractivity contribution >= 4 is 13.1 Å². The van der Waals surface area contributed by atoms with Crippen molar-refractivity contribution < 1.29 is 18.4 Å². The number of carbonyl (C=O) groups excluding carboxylic acids is 1. The molecule has 0 heterocycles. The molecule has 2 rings (SSSR count). The van der Waals surface area contributed by atoms with E-state index in [1.165, 1.54) is 6.08 Å². The van der Waals surface area contributed by atoms with Crippen LogP contribution in [0.15, 0.2) is 12.2 Å². The van der Waals surface area contributed by atoms with Gasteiger partial charge in [-0.25, -0.2) is 0 Å². The van der Waals surface area contributed by atoms with Gasteiger partial charge in [-0.05, 0) is 51.5 Å². The van der Waals surface area contributed by atoms with Crippen LogP contribution in [0.1, 0.15) is 45.4 Å². The van der Waals surface area contributed by atoms with Gasteiger partial charge in [-0.1, -0.05) is 6.08 Å². The van der Waals surface area contributed by atoms with Gasteiger partial charge < -0.3 is 0 Å². The monoisotopic (exact) mass is 258 g/mol. The molecule has 2 fully saturated rings. The lowest BCUT2D eigenvalue weighted by molar-refractivity contribution is -0.111. The average Bonchev–Trinajstić information content (AvgIpc) is 2.18. The molecule has 0 N–H and O–H groups in total. The van der Waals surface area contributed by atoms with E-state index < -0.39 is 13.1 Å². The zero-order valence-electron chi connectivity index (χ0n) is 10.1. The highest BCUT2D eigenvalue weighted by Crippen LogP contribution is 2.55. The van der Waals surface area contributed by atoms with E-state index in [1.54, 1.807) is 13.0 Å². The molecular formula is C12H19O4P. The number of hydrogen-bond acceptors (Lipinski definition) is 4. The molecule has 2 aliphatic rings. The van der Waals surface area contributed by atoms with Gasteiger partial charge in [-0.15, -0.1) is 0 Å². The van der Waals surface area contributed by atoms with Crippen molar-refractivity contribution in [3.8, 4) is 0 Å². The Bertz CT molecular complexity index is 336. The van der Waals surface area contributed by atoms with Gasteiger partial charge in [0.25, 0.3) is 5.52 Å². The van der Waals surface area contributed by atoms with Gasteiger partial charge in [0.1, 0.15) is 0 Å². The topological polar surface area (TPSA) is 52.6 Å². The Labute approximate surface area is 102 Å². The fraction of sp³-hybridized carbons (Fsp3) is 0.750. The Morgan fingerprint density at radius 1 is 1.12 bits per heavy atom. The third-order valence-electron chi connectivity index (χ3n) is 3.26. The zero-order valence-corrected chi connectivity index (χ0v) is 11.0. The smallest absolute Gasteiger partial charge is 0.300 e. The molecule has 96 valence electrons. The number of rotatable bonds is 6. The molecule has 0 aromatic carbocycles. The molecule has 0 saturated heterocycles. The van der Waals surface area contributed by atoms with Crippen LogP contribution >= 0.6 is 7.60 Å². The minimum atomic E-state index is -3.60. The normalized spacial score (nSPS) is 22.4. The van der Waals surface area contributed by atoms with E-state index in [2.05, 4.69) is 0 Å². The third kappa shape index (κ3) is 3.06. The van der Waals surface area contributed by atoms with Gasteiger partial charge in [0, 0.05) is 0 Å². The molecule has 2 aliphatic carbocycles. The number of carbonyl (C=O) groups is 1. The first kappa shape index (κ1) is 13.0. The van der Waals surface area contributed by atoms with E-state index in [9.17, 15) is 9.36 Å². The van der Waals surface area contributed by atoms with Gasteiger partial charge in [-0.2, -0.15) is 0 Å². The lowest BCUT2D eigenvalue weighted by atomic mass is 9.97. The Kier molecular flexibility index (Phi) is 4.18. The van der Waals surface area contributed by atoms with Gasteiger partial charge >= 0.3 is 7.60 Å². The summed E-state index contributed by atoms with van der Waals surface area (Å²) in [7, 11) is -3.60. The first-order valence-electron chi connectivity index (χ1n) is 6.28. The summed E-state index contributed by atoms with van der Waals surface area (Å²) in [6.07, 6.45) is 8.40. The van der Waals surface area contributed by atoms with Crippen molar-refractivity contribution in [3.05, 3.63) is 12.2 Å². The van der Waals surface area contributed by atoms with Crippen LogP contribution in [-0.2, 0) is 18.4 Å². The maximum absolute atomic E-state index is 12.5. The Hall–Kier alpha value is -0.440. The molecular weight excluding hydrogens is 239 g/mol. The summed E-state index contributed by atoms with van der Waals surface area (Å²) in [6.45, 7) is 1.72. The van der Waals surface area contributed by atoms with Crippen molar-refractivity contribution in [2.24, 2.45) is 0 Å². The first-order chi connectivity index (χ1) is 8.14. The summed E-state index contributed by atoms with van der Waals surface area (Å²) in [4.78, 5) is 11.8. The minimum absolute atomic E-state index is 0.0601. The van der Waals surface area contributed by atoms with E-state index in [-0.39, 0.29) is 12.2 Å². The predicted molar refractivity (Wildman–Crippen MR) is 64.9 cm³/mol. The van der Waals surface area contributed by atoms with Crippen molar-refractivity contribution in [1.29, 1.82) is 0 Å². The van der Waals surface area contributed by atoms with E-state index in [1.807, 2.05) is 0 Å².